The topological polar surface area (TPSA) is 15.6 Å². The van der Waals surface area contributed by atoms with Crippen LogP contribution in [0.4, 0.5) is 11.4 Å². The number of hydrogen-bond donors (Lipinski definition) is 0. The van der Waals surface area contributed by atoms with Crippen LogP contribution in [0.5, 0.6) is 0 Å². The van der Waals surface area contributed by atoms with Crippen LogP contribution < -0.4 is 5.01 Å². The first-order valence-corrected chi connectivity index (χ1v) is 5.79. The van der Waals surface area contributed by atoms with Crippen molar-refractivity contribution in [2.75, 3.05) is 5.01 Å². The summed E-state index contributed by atoms with van der Waals surface area (Å²) in [5, 5.41) is 1.96. The van der Waals surface area contributed by atoms with E-state index in [1.807, 2.05) is 41.4 Å². The predicted octanol–water partition coefficient (Wildman–Crippen LogP) is 3.47. The minimum atomic E-state index is 1.10. The van der Waals surface area contributed by atoms with Gasteiger partial charge < -0.3 is 0 Å². The summed E-state index contributed by atoms with van der Waals surface area (Å²) in [5.74, 6) is 0. The second-order valence-electron chi connectivity index (χ2n) is 3.08. The molecule has 0 saturated heterocycles. The molecule has 2 nitrogen and oxygen atoms in total. The van der Waals surface area contributed by atoms with Gasteiger partial charge in [0.15, 0.2) is 0 Å². The molecule has 0 saturated carbocycles. The van der Waals surface area contributed by atoms with Crippen LogP contribution >= 0.6 is 0 Å². The van der Waals surface area contributed by atoms with E-state index >= 15 is 0 Å². The van der Waals surface area contributed by atoms with Crippen molar-refractivity contribution in [1.29, 1.82) is 0 Å². The molecule has 0 amide bonds. The molecule has 0 radical (unpaired) electrons. The van der Waals surface area contributed by atoms with Crippen LogP contribution in [0.25, 0.3) is 0 Å². The molecule has 0 bridgehead atoms. The van der Waals surface area contributed by atoms with E-state index in [4.69, 9.17) is 0 Å². The van der Waals surface area contributed by atoms with E-state index in [1.165, 1.54) is 0 Å². The molecule has 0 aliphatic carbocycles. The van der Waals surface area contributed by atoms with Crippen LogP contribution in [0, 0.1) is 0 Å². The molecule has 0 spiro atoms. The van der Waals surface area contributed by atoms with E-state index < -0.39 is 0 Å². The molecule has 3 heteroatoms. The number of para-hydroxylation sites is 2. The van der Waals surface area contributed by atoms with E-state index in [1.54, 1.807) is 0 Å². The monoisotopic (exact) mass is 272 g/mol. The van der Waals surface area contributed by atoms with Gasteiger partial charge in [0.2, 0.25) is 0 Å². The third kappa shape index (κ3) is 2.48. The Kier molecular flexibility index (Phi) is 3.57. The molecule has 0 aromatic heterocycles. The molecule has 15 heavy (non-hydrogen) atoms. The Morgan fingerprint density at radius 3 is 1.47 bits per heavy atom. The van der Waals surface area contributed by atoms with Gasteiger partial charge in [-0.15, -0.1) is 0 Å². The normalized spacial score (nSPS) is 9.53. The molecule has 0 aliphatic rings. The molecule has 0 unspecified atom stereocenters. The summed E-state index contributed by atoms with van der Waals surface area (Å²) < 4.78 is 4.35. The van der Waals surface area contributed by atoms with Gasteiger partial charge in [0.1, 0.15) is 0 Å². The van der Waals surface area contributed by atoms with Crippen LogP contribution in [0.2, 0.25) is 0 Å². The van der Waals surface area contributed by atoms with Crippen LogP contribution in [0.1, 0.15) is 0 Å². The number of hydrogen-bond acceptors (Lipinski definition) is 2. The van der Waals surface area contributed by atoms with Gasteiger partial charge in [-0.05, 0) is 0 Å². The van der Waals surface area contributed by atoms with Gasteiger partial charge in [0.05, 0.1) is 0 Å². The second kappa shape index (κ2) is 5.13. The third-order valence-electron chi connectivity index (χ3n) is 2.10. The fourth-order valence-electron chi connectivity index (χ4n) is 1.40. The zero-order chi connectivity index (χ0) is 10.5. The maximum atomic E-state index is 4.35. The van der Waals surface area contributed by atoms with Crippen LogP contribution in [0.15, 0.2) is 63.6 Å². The first kappa shape index (κ1) is 10.4. The van der Waals surface area contributed by atoms with Crippen molar-refractivity contribution in [1.82, 2.24) is 0 Å². The fraction of sp³-hybridized carbons (Fsp3) is 0. The Morgan fingerprint density at radius 1 is 0.733 bits per heavy atom. The van der Waals surface area contributed by atoms with Gasteiger partial charge in [-0.25, -0.2) is 0 Å². The molecular formula is C12H10N2Zr. The summed E-state index contributed by atoms with van der Waals surface area (Å²) in [5.41, 5.74) is 2.20. The summed E-state index contributed by atoms with van der Waals surface area (Å²) >= 11 is 1.14. The zero-order valence-corrected chi connectivity index (χ0v) is 10.6. The molecule has 2 aromatic rings. The van der Waals surface area contributed by atoms with E-state index in [2.05, 4.69) is 27.2 Å². The Balaban J connectivity index is 2.38. The Bertz CT molecular complexity index is 388. The molecule has 0 aliphatic heterocycles. The molecule has 0 atom stereocenters. The Morgan fingerprint density at radius 2 is 1.13 bits per heavy atom. The summed E-state index contributed by atoms with van der Waals surface area (Å²) in [7, 11) is 0. The van der Waals surface area contributed by atoms with Crippen LogP contribution in [0.3, 0.4) is 0 Å². The molecule has 0 heterocycles. The predicted molar refractivity (Wildman–Crippen MR) is 57.5 cm³/mol. The molecule has 0 fully saturated rings. The average molecular weight is 273 g/mol. The van der Waals surface area contributed by atoms with Crippen molar-refractivity contribution in [2.45, 2.75) is 0 Å². The zero-order valence-electron chi connectivity index (χ0n) is 8.17. The van der Waals surface area contributed by atoms with Crippen LogP contribution in [-0.2, 0) is 24.6 Å². The SMILES string of the molecule is [Zr]=[N]N(c1ccccc1)c1ccccc1. The summed E-state index contributed by atoms with van der Waals surface area (Å²) in [6.45, 7) is 0. The van der Waals surface area contributed by atoms with Crippen molar-refractivity contribution in [3.8, 4) is 0 Å². The summed E-state index contributed by atoms with van der Waals surface area (Å²) in [4.78, 5) is 0. The van der Waals surface area contributed by atoms with Crippen molar-refractivity contribution in [3.05, 3.63) is 60.7 Å². The number of anilines is 2. The van der Waals surface area contributed by atoms with E-state index in [0.29, 0.717) is 0 Å². The number of benzene rings is 2. The van der Waals surface area contributed by atoms with Gasteiger partial charge in [0.25, 0.3) is 0 Å². The van der Waals surface area contributed by atoms with E-state index in [-0.39, 0.29) is 0 Å². The first-order valence-electron chi connectivity index (χ1n) is 4.69. The van der Waals surface area contributed by atoms with Crippen molar-refractivity contribution in [3.63, 3.8) is 0 Å². The summed E-state index contributed by atoms with van der Waals surface area (Å²) in [6, 6.07) is 20.3. The average Bonchev–Trinajstić information content (AvgIpc) is 2.33. The molecule has 72 valence electrons. The number of rotatable bonds is 3. The minimum absolute atomic E-state index is 1.10. The molecule has 2 rings (SSSR count). The van der Waals surface area contributed by atoms with E-state index in [0.717, 1.165) is 35.9 Å². The second-order valence-corrected chi connectivity index (χ2v) is 3.57. The summed E-state index contributed by atoms with van der Waals surface area (Å²) in [6.07, 6.45) is 0. The molecule has 0 N–H and O–H groups in total. The quantitative estimate of drug-likeness (QED) is 0.782. The third-order valence-corrected chi connectivity index (χ3v) is 2.59. The van der Waals surface area contributed by atoms with Crippen molar-refractivity contribution < 1.29 is 24.6 Å². The van der Waals surface area contributed by atoms with Gasteiger partial charge in [0, 0.05) is 0 Å². The Labute approximate surface area is 104 Å². The van der Waals surface area contributed by atoms with E-state index in [9.17, 15) is 0 Å². The van der Waals surface area contributed by atoms with Gasteiger partial charge >= 0.3 is 105 Å². The van der Waals surface area contributed by atoms with Gasteiger partial charge in [-0.3, -0.25) is 0 Å². The first-order chi connectivity index (χ1) is 7.42. The maximum absolute atomic E-state index is 4.35. The molecule has 2 aromatic carbocycles. The van der Waals surface area contributed by atoms with Gasteiger partial charge in [-0.1, -0.05) is 0 Å². The van der Waals surface area contributed by atoms with Gasteiger partial charge in [-0.2, -0.15) is 0 Å². The fourth-order valence-corrected chi connectivity index (χ4v) is 1.97. The molecular weight excluding hydrogens is 263 g/mol. The standard InChI is InChI=1S/C12H10N2.Zr/c13-14(11-7-3-1-4-8-11)12-9-5-2-6-10-12;/h1-10H;. The Hall–Kier alpha value is -1.08. The van der Waals surface area contributed by atoms with Crippen molar-refractivity contribution >= 4 is 11.4 Å². The van der Waals surface area contributed by atoms with Crippen LogP contribution in [-0.4, -0.2) is 0 Å². The van der Waals surface area contributed by atoms with Crippen molar-refractivity contribution in [2.24, 2.45) is 2.98 Å². The number of nitrogens with zero attached hydrogens (tertiary/aromatic N) is 2.